The van der Waals surface area contributed by atoms with Crippen molar-refractivity contribution >= 4 is 17.6 Å². The average molecular weight is 264 g/mol. The predicted octanol–water partition coefficient (Wildman–Crippen LogP) is 1.65. The van der Waals surface area contributed by atoms with E-state index in [1.165, 1.54) is 0 Å². The average Bonchev–Trinajstić information content (AvgIpc) is 2.31. The Balaban J connectivity index is 2.68. The fourth-order valence-corrected chi connectivity index (χ4v) is 1.49. The summed E-state index contributed by atoms with van der Waals surface area (Å²) in [6.45, 7) is 7.03. The molecule has 0 saturated heterocycles. The van der Waals surface area contributed by atoms with Crippen LogP contribution in [0.2, 0.25) is 0 Å². The third-order valence-corrected chi connectivity index (χ3v) is 2.59. The number of hydrogen-bond acceptors (Lipinski definition) is 4. The first kappa shape index (κ1) is 15.0. The lowest BCUT2D eigenvalue weighted by Gasteiger charge is -2.15. The quantitative estimate of drug-likeness (QED) is 0.640. The molecule has 1 aromatic carbocycles. The zero-order valence-electron chi connectivity index (χ0n) is 11.7. The van der Waals surface area contributed by atoms with Gasteiger partial charge in [-0.05, 0) is 51.5 Å². The van der Waals surface area contributed by atoms with Gasteiger partial charge in [0.05, 0.1) is 5.56 Å². The second-order valence-corrected chi connectivity index (χ2v) is 4.78. The van der Waals surface area contributed by atoms with Crippen LogP contribution in [0, 0.1) is 6.92 Å². The Labute approximate surface area is 113 Å². The molecule has 0 heterocycles. The van der Waals surface area contributed by atoms with Gasteiger partial charge in [0.15, 0.2) is 6.10 Å². The van der Waals surface area contributed by atoms with E-state index in [1.54, 1.807) is 32.0 Å². The third-order valence-electron chi connectivity index (χ3n) is 2.59. The van der Waals surface area contributed by atoms with Crippen LogP contribution in [0.3, 0.4) is 0 Å². The molecule has 104 valence electrons. The number of esters is 1. The number of aryl methyl sites for hydroxylation is 1. The topological polar surface area (TPSA) is 81.4 Å². The van der Waals surface area contributed by atoms with Crippen molar-refractivity contribution in [1.82, 2.24) is 5.32 Å². The van der Waals surface area contributed by atoms with Crippen molar-refractivity contribution in [3.05, 3.63) is 29.3 Å². The lowest BCUT2D eigenvalue weighted by Crippen LogP contribution is -2.39. The normalized spacial score (nSPS) is 12.1. The lowest BCUT2D eigenvalue weighted by molar-refractivity contribution is -0.129. The summed E-state index contributed by atoms with van der Waals surface area (Å²) in [6.07, 6.45) is -0.826. The fourth-order valence-electron chi connectivity index (χ4n) is 1.49. The van der Waals surface area contributed by atoms with Gasteiger partial charge in [-0.15, -0.1) is 0 Å². The van der Waals surface area contributed by atoms with Crippen LogP contribution in [0.5, 0.6) is 0 Å². The highest BCUT2D eigenvalue weighted by Gasteiger charge is 2.19. The Morgan fingerprint density at radius 2 is 1.89 bits per heavy atom. The van der Waals surface area contributed by atoms with E-state index in [0.717, 1.165) is 5.56 Å². The zero-order chi connectivity index (χ0) is 14.6. The number of benzene rings is 1. The van der Waals surface area contributed by atoms with Gasteiger partial charge in [0.1, 0.15) is 0 Å². The highest BCUT2D eigenvalue weighted by Crippen LogP contribution is 2.14. The summed E-state index contributed by atoms with van der Waals surface area (Å²) in [6, 6.07) is 4.88. The zero-order valence-corrected chi connectivity index (χ0v) is 11.7. The molecule has 1 unspecified atom stereocenters. The lowest BCUT2D eigenvalue weighted by atomic mass is 10.1. The summed E-state index contributed by atoms with van der Waals surface area (Å²) >= 11 is 0. The van der Waals surface area contributed by atoms with Crippen LogP contribution in [0.4, 0.5) is 5.69 Å². The summed E-state index contributed by atoms with van der Waals surface area (Å²) in [5.41, 5.74) is 7.47. The molecule has 5 nitrogen and oxygen atoms in total. The first-order chi connectivity index (χ1) is 8.81. The number of ether oxygens (including phenoxy) is 1. The van der Waals surface area contributed by atoms with E-state index in [0.29, 0.717) is 11.3 Å². The van der Waals surface area contributed by atoms with Gasteiger partial charge in [-0.3, -0.25) is 4.79 Å². The molecule has 0 aromatic heterocycles. The van der Waals surface area contributed by atoms with Crippen molar-refractivity contribution in [2.45, 2.75) is 39.8 Å². The van der Waals surface area contributed by atoms with Gasteiger partial charge >= 0.3 is 5.97 Å². The molecule has 0 aliphatic heterocycles. The van der Waals surface area contributed by atoms with Crippen LogP contribution in [-0.4, -0.2) is 24.0 Å². The van der Waals surface area contributed by atoms with Gasteiger partial charge < -0.3 is 15.8 Å². The summed E-state index contributed by atoms with van der Waals surface area (Å²) in [5, 5.41) is 2.68. The van der Waals surface area contributed by atoms with Crippen molar-refractivity contribution in [3.8, 4) is 0 Å². The van der Waals surface area contributed by atoms with E-state index in [1.807, 2.05) is 13.8 Å². The molecule has 1 aromatic rings. The monoisotopic (exact) mass is 264 g/mol. The maximum Gasteiger partial charge on any atom is 0.338 e. The number of hydrogen-bond donors (Lipinski definition) is 2. The molecule has 1 atom stereocenters. The first-order valence-corrected chi connectivity index (χ1v) is 6.18. The number of nitrogen functional groups attached to an aromatic ring is 1. The molecule has 3 N–H and O–H groups in total. The van der Waals surface area contributed by atoms with E-state index in [4.69, 9.17) is 10.5 Å². The Hall–Kier alpha value is -2.04. The molecule has 0 aliphatic rings. The van der Waals surface area contributed by atoms with Crippen molar-refractivity contribution in [2.75, 3.05) is 5.73 Å². The summed E-state index contributed by atoms with van der Waals surface area (Å²) in [5.74, 6) is -0.843. The number of carbonyl (C=O) groups excluding carboxylic acids is 2. The molecule has 1 rings (SSSR count). The minimum atomic E-state index is -0.826. The molecule has 0 spiro atoms. The maximum absolute atomic E-state index is 11.9. The molecule has 1 amide bonds. The minimum absolute atomic E-state index is 0.00687. The van der Waals surface area contributed by atoms with Gasteiger partial charge in [0.2, 0.25) is 0 Å². The van der Waals surface area contributed by atoms with Crippen LogP contribution < -0.4 is 11.1 Å². The summed E-state index contributed by atoms with van der Waals surface area (Å²) in [4.78, 5) is 23.5. The van der Waals surface area contributed by atoms with Crippen LogP contribution in [0.25, 0.3) is 0 Å². The molecule has 5 heteroatoms. The van der Waals surface area contributed by atoms with E-state index >= 15 is 0 Å². The number of rotatable bonds is 4. The van der Waals surface area contributed by atoms with Crippen molar-refractivity contribution in [1.29, 1.82) is 0 Å². The Bertz CT molecular complexity index is 484. The SMILES string of the molecule is Cc1cc(C(=O)OC(C)C(=O)NC(C)C)ccc1N. The van der Waals surface area contributed by atoms with Gasteiger partial charge in [-0.1, -0.05) is 0 Å². The van der Waals surface area contributed by atoms with Crippen molar-refractivity contribution in [3.63, 3.8) is 0 Å². The summed E-state index contributed by atoms with van der Waals surface area (Å²) < 4.78 is 5.10. The fraction of sp³-hybridized carbons (Fsp3) is 0.429. The standard InChI is InChI=1S/C14H20N2O3/c1-8(2)16-13(17)10(4)19-14(18)11-5-6-12(15)9(3)7-11/h5-8,10H,15H2,1-4H3,(H,16,17). The number of nitrogens with one attached hydrogen (secondary N) is 1. The van der Waals surface area contributed by atoms with Crippen LogP contribution in [-0.2, 0) is 9.53 Å². The molecule has 19 heavy (non-hydrogen) atoms. The van der Waals surface area contributed by atoms with Crippen LogP contribution in [0.1, 0.15) is 36.7 Å². The molecule has 0 bridgehead atoms. The second kappa shape index (κ2) is 6.22. The van der Waals surface area contributed by atoms with Crippen LogP contribution >= 0.6 is 0 Å². The largest absolute Gasteiger partial charge is 0.449 e. The third kappa shape index (κ3) is 4.28. The molecule has 0 aliphatic carbocycles. The van der Waals surface area contributed by atoms with Crippen molar-refractivity contribution in [2.24, 2.45) is 0 Å². The highest BCUT2D eigenvalue weighted by molar-refractivity contribution is 5.92. The Morgan fingerprint density at radius 3 is 2.42 bits per heavy atom. The van der Waals surface area contributed by atoms with Crippen LogP contribution in [0.15, 0.2) is 18.2 Å². The number of anilines is 1. The van der Waals surface area contributed by atoms with Gasteiger partial charge in [0, 0.05) is 11.7 Å². The summed E-state index contributed by atoms with van der Waals surface area (Å²) in [7, 11) is 0. The number of amides is 1. The molecular weight excluding hydrogens is 244 g/mol. The minimum Gasteiger partial charge on any atom is -0.449 e. The predicted molar refractivity (Wildman–Crippen MR) is 73.7 cm³/mol. The molecular formula is C14H20N2O3. The smallest absolute Gasteiger partial charge is 0.338 e. The highest BCUT2D eigenvalue weighted by atomic mass is 16.5. The van der Waals surface area contributed by atoms with E-state index in [2.05, 4.69) is 5.32 Å². The second-order valence-electron chi connectivity index (χ2n) is 4.78. The van der Waals surface area contributed by atoms with Gasteiger partial charge in [-0.2, -0.15) is 0 Å². The van der Waals surface area contributed by atoms with Crippen molar-refractivity contribution < 1.29 is 14.3 Å². The molecule has 0 fully saturated rings. The first-order valence-electron chi connectivity index (χ1n) is 6.18. The maximum atomic E-state index is 11.9. The van der Waals surface area contributed by atoms with E-state index < -0.39 is 12.1 Å². The molecule has 0 radical (unpaired) electrons. The number of nitrogens with two attached hydrogens (primary N) is 1. The van der Waals surface area contributed by atoms with E-state index in [9.17, 15) is 9.59 Å². The Morgan fingerprint density at radius 1 is 1.26 bits per heavy atom. The number of carbonyl (C=O) groups is 2. The molecule has 0 saturated carbocycles. The van der Waals surface area contributed by atoms with E-state index in [-0.39, 0.29) is 11.9 Å². The van der Waals surface area contributed by atoms with Gasteiger partial charge in [0.25, 0.3) is 5.91 Å². The van der Waals surface area contributed by atoms with Gasteiger partial charge in [-0.25, -0.2) is 4.79 Å². The Kier molecular flexibility index (Phi) is 4.92.